The molecule has 0 fully saturated rings. The Morgan fingerprint density at radius 1 is 1.38 bits per heavy atom. The van der Waals surface area contributed by atoms with Crippen molar-refractivity contribution in [3.63, 3.8) is 0 Å². The van der Waals surface area contributed by atoms with E-state index in [9.17, 15) is 0 Å². The van der Waals surface area contributed by atoms with Gasteiger partial charge in [-0.2, -0.15) is 0 Å². The van der Waals surface area contributed by atoms with Gasteiger partial charge in [0.15, 0.2) is 0 Å². The summed E-state index contributed by atoms with van der Waals surface area (Å²) in [7, 11) is 0. The lowest BCUT2D eigenvalue weighted by atomic mass is 9.99. The van der Waals surface area contributed by atoms with Crippen LogP contribution in [0.4, 0.5) is 0 Å². The molecule has 0 amide bonds. The molecule has 1 rings (SSSR count). The number of halogens is 1. The normalized spacial score (nSPS) is 13.1. The minimum absolute atomic E-state index is 0.0138. The highest BCUT2D eigenvalue weighted by Gasteiger charge is 2.12. The Morgan fingerprint density at radius 3 is 2.62 bits per heavy atom. The fourth-order valence-electron chi connectivity index (χ4n) is 1.79. The first-order valence-corrected chi connectivity index (χ1v) is 6.14. The number of nitrogens with one attached hydrogen (secondary N) is 1. The third-order valence-corrected chi connectivity index (χ3v) is 2.98. The first kappa shape index (κ1) is 13.5. The van der Waals surface area contributed by atoms with E-state index < -0.39 is 0 Å². The second-order valence-electron chi connectivity index (χ2n) is 4.47. The van der Waals surface area contributed by atoms with Gasteiger partial charge in [-0.1, -0.05) is 37.6 Å². The quantitative estimate of drug-likeness (QED) is 0.830. The van der Waals surface area contributed by atoms with Crippen LogP contribution in [0.1, 0.15) is 37.4 Å². The van der Waals surface area contributed by atoms with Crippen molar-refractivity contribution in [2.24, 2.45) is 5.73 Å². The van der Waals surface area contributed by atoms with E-state index in [4.69, 9.17) is 17.3 Å². The van der Waals surface area contributed by atoms with Crippen molar-refractivity contribution in [1.29, 1.82) is 0 Å². The SMILES string of the molecule is Cc1cccc(Cl)c1C(N)CCNC(C)C. The van der Waals surface area contributed by atoms with Crippen LogP contribution in [0.5, 0.6) is 0 Å². The van der Waals surface area contributed by atoms with Crippen LogP contribution in [-0.4, -0.2) is 12.6 Å². The van der Waals surface area contributed by atoms with Crippen LogP contribution in [0.15, 0.2) is 18.2 Å². The molecule has 1 atom stereocenters. The van der Waals surface area contributed by atoms with E-state index in [2.05, 4.69) is 32.2 Å². The van der Waals surface area contributed by atoms with Crippen LogP contribution in [0.2, 0.25) is 5.02 Å². The molecule has 3 heteroatoms. The van der Waals surface area contributed by atoms with Crippen molar-refractivity contribution in [3.05, 3.63) is 34.3 Å². The number of aryl methyl sites for hydroxylation is 1. The predicted molar refractivity (Wildman–Crippen MR) is 70.9 cm³/mol. The van der Waals surface area contributed by atoms with Gasteiger partial charge in [0.05, 0.1) is 0 Å². The molecule has 0 aromatic heterocycles. The van der Waals surface area contributed by atoms with E-state index in [1.807, 2.05) is 12.1 Å². The lowest BCUT2D eigenvalue weighted by Gasteiger charge is -2.17. The van der Waals surface area contributed by atoms with Crippen molar-refractivity contribution in [2.75, 3.05) is 6.54 Å². The molecule has 1 unspecified atom stereocenters. The maximum Gasteiger partial charge on any atom is 0.0456 e. The largest absolute Gasteiger partial charge is 0.324 e. The Bertz CT molecular complexity index is 316. The molecule has 0 aliphatic heterocycles. The van der Waals surface area contributed by atoms with Gasteiger partial charge in [-0.3, -0.25) is 0 Å². The van der Waals surface area contributed by atoms with E-state index in [0.29, 0.717) is 6.04 Å². The summed E-state index contributed by atoms with van der Waals surface area (Å²) in [4.78, 5) is 0. The van der Waals surface area contributed by atoms with Crippen molar-refractivity contribution in [2.45, 2.75) is 39.3 Å². The topological polar surface area (TPSA) is 38.0 Å². The summed E-state index contributed by atoms with van der Waals surface area (Å²) in [6.07, 6.45) is 0.906. The summed E-state index contributed by atoms with van der Waals surface area (Å²) in [5.74, 6) is 0. The molecule has 0 saturated carbocycles. The highest BCUT2D eigenvalue weighted by Crippen LogP contribution is 2.26. The van der Waals surface area contributed by atoms with Gasteiger partial charge in [0.25, 0.3) is 0 Å². The molecule has 0 aliphatic carbocycles. The van der Waals surface area contributed by atoms with Gasteiger partial charge in [-0.15, -0.1) is 0 Å². The average Bonchev–Trinajstić information content (AvgIpc) is 2.16. The molecule has 0 saturated heterocycles. The summed E-state index contributed by atoms with van der Waals surface area (Å²) >= 11 is 6.17. The van der Waals surface area contributed by atoms with E-state index in [1.54, 1.807) is 0 Å². The van der Waals surface area contributed by atoms with E-state index in [0.717, 1.165) is 23.6 Å². The van der Waals surface area contributed by atoms with Gasteiger partial charge >= 0.3 is 0 Å². The Morgan fingerprint density at radius 2 is 2.06 bits per heavy atom. The van der Waals surface area contributed by atoms with Gasteiger partial charge in [-0.05, 0) is 37.1 Å². The molecule has 0 aliphatic rings. The van der Waals surface area contributed by atoms with Crippen LogP contribution < -0.4 is 11.1 Å². The molecule has 0 heterocycles. The van der Waals surface area contributed by atoms with Crippen LogP contribution in [0, 0.1) is 6.92 Å². The minimum atomic E-state index is 0.0138. The van der Waals surface area contributed by atoms with Gasteiger partial charge in [-0.25, -0.2) is 0 Å². The zero-order chi connectivity index (χ0) is 12.1. The number of hydrogen-bond donors (Lipinski definition) is 2. The molecule has 0 radical (unpaired) electrons. The van der Waals surface area contributed by atoms with Crippen LogP contribution in [-0.2, 0) is 0 Å². The van der Waals surface area contributed by atoms with E-state index in [-0.39, 0.29) is 6.04 Å². The highest BCUT2D eigenvalue weighted by molar-refractivity contribution is 6.31. The number of hydrogen-bond acceptors (Lipinski definition) is 2. The Hall–Kier alpha value is -0.570. The Balaban J connectivity index is 2.62. The van der Waals surface area contributed by atoms with Gasteiger partial charge in [0.1, 0.15) is 0 Å². The number of rotatable bonds is 5. The first-order valence-electron chi connectivity index (χ1n) is 5.76. The Kier molecular flexibility index (Phi) is 5.26. The first-order chi connectivity index (χ1) is 7.52. The fourth-order valence-corrected chi connectivity index (χ4v) is 2.15. The standard InChI is InChI=1S/C13H21ClN2/c1-9(2)16-8-7-12(15)13-10(3)5-4-6-11(13)14/h4-6,9,12,16H,7-8,15H2,1-3H3. The lowest BCUT2D eigenvalue weighted by molar-refractivity contribution is 0.532. The van der Waals surface area contributed by atoms with Crippen LogP contribution >= 0.6 is 11.6 Å². The molecule has 1 aromatic rings. The van der Waals surface area contributed by atoms with Crippen molar-refractivity contribution < 1.29 is 0 Å². The molecule has 1 aromatic carbocycles. The second kappa shape index (κ2) is 6.24. The molecular weight excluding hydrogens is 220 g/mol. The maximum absolute atomic E-state index is 6.17. The zero-order valence-corrected chi connectivity index (χ0v) is 11.0. The monoisotopic (exact) mass is 240 g/mol. The molecule has 0 spiro atoms. The average molecular weight is 241 g/mol. The molecule has 16 heavy (non-hydrogen) atoms. The summed E-state index contributed by atoms with van der Waals surface area (Å²) in [5, 5.41) is 4.14. The maximum atomic E-state index is 6.17. The molecule has 0 bridgehead atoms. The van der Waals surface area contributed by atoms with Crippen molar-refractivity contribution >= 4 is 11.6 Å². The highest BCUT2D eigenvalue weighted by atomic mass is 35.5. The van der Waals surface area contributed by atoms with Crippen LogP contribution in [0.3, 0.4) is 0 Å². The minimum Gasteiger partial charge on any atom is -0.324 e. The third-order valence-electron chi connectivity index (χ3n) is 2.65. The van der Waals surface area contributed by atoms with Crippen LogP contribution in [0.25, 0.3) is 0 Å². The lowest BCUT2D eigenvalue weighted by Crippen LogP contribution is -2.27. The van der Waals surface area contributed by atoms with E-state index in [1.165, 1.54) is 5.56 Å². The van der Waals surface area contributed by atoms with E-state index >= 15 is 0 Å². The van der Waals surface area contributed by atoms with Crippen molar-refractivity contribution in [3.8, 4) is 0 Å². The summed E-state index contributed by atoms with van der Waals surface area (Å²) < 4.78 is 0. The molecular formula is C13H21ClN2. The predicted octanol–water partition coefficient (Wildman–Crippen LogP) is 3.04. The molecule has 90 valence electrons. The molecule has 2 nitrogen and oxygen atoms in total. The summed E-state index contributed by atoms with van der Waals surface area (Å²) in [6.45, 7) is 7.24. The molecule has 3 N–H and O–H groups in total. The smallest absolute Gasteiger partial charge is 0.0456 e. The fraction of sp³-hybridized carbons (Fsp3) is 0.538. The third kappa shape index (κ3) is 3.78. The Labute approximate surface area is 103 Å². The number of nitrogens with two attached hydrogens (primary N) is 1. The number of benzene rings is 1. The summed E-state index contributed by atoms with van der Waals surface area (Å²) in [5.41, 5.74) is 8.41. The van der Waals surface area contributed by atoms with Gasteiger partial charge in [0.2, 0.25) is 0 Å². The zero-order valence-electron chi connectivity index (χ0n) is 10.3. The van der Waals surface area contributed by atoms with Gasteiger partial charge < -0.3 is 11.1 Å². The summed E-state index contributed by atoms with van der Waals surface area (Å²) in [6, 6.07) is 6.43. The van der Waals surface area contributed by atoms with Crippen molar-refractivity contribution in [1.82, 2.24) is 5.32 Å². The second-order valence-corrected chi connectivity index (χ2v) is 4.88. The van der Waals surface area contributed by atoms with Gasteiger partial charge in [0, 0.05) is 17.1 Å².